The van der Waals surface area contributed by atoms with Gasteiger partial charge in [0.25, 0.3) is 5.91 Å². The number of nitrogens with zero attached hydrogens (tertiary/aromatic N) is 2. The first-order valence-corrected chi connectivity index (χ1v) is 8.93. The minimum Gasteiger partial charge on any atom is -0.334 e. The van der Waals surface area contributed by atoms with Crippen molar-refractivity contribution in [1.29, 1.82) is 0 Å². The van der Waals surface area contributed by atoms with Crippen LogP contribution in [0.2, 0.25) is 0 Å². The monoisotopic (exact) mass is 392 g/mol. The van der Waals surface area contributed by atoms with Crippen LogP contribution in [0.3, 0.4) is 0 Å². The second-order valence-electron chi connectivity index (χ2n) is 6.39. The number of hydrogen-bond acceptors (Lipinski definition) is 3. The van der Waals surface area contributed by atoms with Crippen LogP contribution in [0.15, 0.2) is 22.8 Å². The van der Waals surface area contributed by atoms with E-state index in [4.69, 9.17) is 0 Å². The van der Waals surface area contributed by atoms with E-state index in [-0.39, 0.29) is 11.7 Å². The quantitative estimate of drug-likeness (QED) is 0.825. The van der Waals surface area contributed by atoms with E-state index in [1.165, 1.54) is 6.07 Å². The molecule has 2 N–H and O–H groups in total. The number of carbonyl (C=O) groups excluding carboxylic acids is 1. The third-order valence-corrected chi connectivity index (χ3v) is 5.36. The van der Waals surface area contributed by atoms with Gasteiger partial charge >= 0.3 is 0 Å². The highest BCUT2D eigenvalue weighted by atomic mass is 79.9. The summed E-state index contributed by atoms with van der Waals surface area (Å²) in [6, 6.07) is 3.38. The highest BCUT2D eigenvalue weighted by Crippen LogP contribution is 2.29. The number of halogens is 2. The lowest BCUT2D eigenvalue weighted by Crippen LogP contribution is -2.36. The van der Waals surface area contributed by atoms with E-state index in [1.807, 2.05) is 6.07 Å². The number of carbonyl (C=O) groups is 1. The molecule has 0 radical (unpaired) electrons. The summed E-state index contributed by atoms with van der Waals surface area (Å²) in [5.41, 5.74) is 3.14. The van der Waals surface area contributed by atoms with E-state index in [2.05, 4.69) is 31.4 Å². The van der Waals surface area contributed by atoms with Crippen LogP contribution in [0, 0.1) is 5.82 Å². The maximum absolute atomic E-state index is 14.0. The summed E-state index contributed by atoms with van der Waals surface area (Å²) in [4.78, 5) is 14.7. The Morgan fingerprint density at radius 1 is 1.42 bits per heavy atom. The van der Waals surface area contributed by atoms with Crippen LogP contribution >= 0.6 is 15.9 Å². The molecule has 3 heterocycles. The summed E-state index contributed by atoms with van der Waals surface area (Å²) in [5, 5.41) is 10.4. The Balaban J connectivity index is 1.59. The van der Waals surface area contributed by atoms with Gasteiger partial charge in [-0.15, -0.1) is 0 Å². The molecule has 2 aromatic rings. The van der Waals surface area contributed by atoms with Crippen LogP contribution in [0.4, 0.5) is 4.39 Å². The smallest absolute Gasteiger partial charge is 0.257 e. The summed E-state index contributed by atoms with van der Waals surface area (Å²) in [5.74, 6) is 0.0688. The normalized spacial score (nSPS) is 20.2. The standard InChI is InChI=1S/C17H18BrFN4O/c18-12-5-11-9-23(4-2-13(11)15(19)6-12)17(24)14-8-21-22-16(14)10-1-3-20-7-10/h5-6,8,10,20H,1-4,7,9H2,(H,21,22). The van der Waals surface area contributed by atoms with Crippen LogP contribution in [-0.2, 0) is 13.0 Å². The molecule has 0 saturated carbocycles. The molecule has 1 saturated heterocycles. The van der Waals surface area contributed by atoms with E-state index >= 15 is 0 Å². The molecule has 0 bridgehead atoms. The number of H-pyrrole nitrogens is 1. The largest absolute Gasteiger partial charge is 0.334 e. The van der Waals surface area contributed by atoms with Gasteiger partial charge in [0.15, 0.2) is 0 Å². The molecule has 1 aromatic carbocycles. The van der Waals surface area contributed by atoms with Crippen molar-refractivity contribution < 1.29 is 9.18 Å². The van der Waals surface area contributed by atoms with Crippen molar-refractivity contribution >= 4 is 21.8 Å². The van der Waals surface area contributed by atoms with Gasteiger partial charge in [-0.25, -0.2) is 4.39 Å². The molecule has 5 nitrogen and oxygen atoms in total. The zero-order chi connectivity index (χ0) is 16.7. The van der Waals surface area contributed by atoms with Gasteiger partial charge in [0.05, 0.1) is 17.5 Å². The van der Waals surface area contributed by atoms with Crippen molar-refractivity contribution in [3.8, 4) is 0 Å². The van der Waals surface area contributed by atoms with Crippen molar-refractivity contribution in [2.24, 2.45) is 0 Å². The van der Waals surface area contributed by atoms with Crippen molar-refractivity contribution in [1.82, 2.24) is 20.4 Å². The van der Waals surface area contributed by atoms with E-state index < -0.39 is 0 Å². The highest BCUT2D eigenvalue weighted by molar-refractivity contribution is 9.10. The lowest BCUT2D eigenvalue weighted by molar-refractivity contribution is 0.0732. The molecule has 0 spiro atoms. The number of aromatic amines is 1. The average molecular weight is 393 g/mol. The van der Waals surface area contributed by atoms with Crippen molar-refractivity contribution in [2.45, 2.75) is 25.3 Å². The third-order valence-electron chi connectivity index (χ3n) is 4.90. The van der Waals surface area contributed by atoms with Crippen LogP contribution in [0.1, 0.15) is 39.5 Å². The summed E-state index contributed by atoms with van der Waals surface area (Å²) >= 11 is 3.33. The van der Waals surface area contributed by atoms with Gasteiger partial charge in [-0.3, -0.25) is 9.89 Å². The Bertz CT molecular complexity index is 785. The van der Waals surface area contributed by atoms with Gasteiger partial charge in [0.1, 0.15) is 5.82 Å². The predicted octanol–water partition coefficient (Wildman–Crippen LogP) is 2.59. The minimum atomic E-state index is -0.201. The Labute approximate surface area is 147 Å². The number of amides is 1. The van der Waals surface area contributed by atoms with E-state index in [0.717, 1.165) is 36.3 Å². The molecule has 1 aromatic heterocycles. The fourth-order valence-electron chi connectivity index (χ4n) is 3.63. The molecule has 2 aliphatic rings. The zero-order valence-corrected chi connectivity index (χ0v) is 14.7. The third kappa shape index (κ3) is 2.75. The van der Waals surface area contributed by atoms with Crippen LogP contribution in [0.5, 0.6) is 0 Å². The maximum atomic E-state index is 14.0. The SMILES string of the molecule is O=C(c1cn[nH]c1C1CCNC1)N1CCc2c(F)cc(Br)cc2C1. The molecule has 7 heteroatoms. The van der Waals surface area contributed by atoms with Crippen molar-refractivity contribution in [3.05, 3.63) is 51.0 Å². The number of nitrogens with one attached hydrogen (secondary N) is 2. The Morgan fingerprint density at radius 3 is 3.08 bits per heavy atom. The molecule has 1 unspecified atom stereocenters. The topological polar surface area (TPSA) is 61.0 Å². The minimum absolute atomic E-state index is 0.0308. The summed E-state index contributed by atoms with van der Waals surface area (Å²) in [6.07, 6.45) is 3.16. The molecule has 1 atom stereocenters. The number of rotatable bonds is 2. The number of fused-ring (bicyclic) bond motifs is 1. The van der Waals surface area contributed by atoms with Crippen LogP contribution < -0.4 is 5.32 Å². The van der Waals surface area contributed by atoms with Gasteiger partial charge in [-0.05, 0) is 42.6 Å². The first-order valence-electron chi connectivity index (χ1n) is 8.13. The lowest BCUT2D eigenvalue weighted by Gasteiger charge is -2.29. The van der Waals surface area contributed by atoms with E-state index in [1.54, 1.807) is 11.1 Å². The Kier molecular flexibility index (Phi) is 4.14. The van der Waals surface area contributed by atoms with Gasteiger partial charge < -0.3 is 10.2 Å². The summed E-state index contributed by atoms with van der Waals surface area (Å²) in [6.45, 7) is 2.78. The fraction of sp³-hybridized carbons (Fsp3) is 0.412. The van der Waals surface area contributed by atoms with Crippen molar-refractivity contribution in [3.63, 3.8) is 0 Å². The van der Waals surface area contributed by atoms with Gasteiger partial charge in [-0.2, -0.15) is 5.10 Å². The first-order chi connectivity index (χ1) is 11.6. The second-order valence-corrected chi connectivity index (χ2v) is 7.30. The molecule has 126 valence electrons. The molecule has 1 fully saturated rings. The summed E-state index contributed by atoms with van der Waals surface area (Å²) < 4.78 is 14.7. The van der Waals surface area contributed by atoms with E-state index in [0.29, 0.717) is 35.5 Å². The molecule has 0 aliphatic carbocycles. The van der Waals surface area contributed by atoms with Crippen molar-refractivity contribution in [2.75, 3.05) is 19.6 Å². The first kappa shape index (κ1) is 15.8. The molecular weight excluding hydrogens is 375 g/mol. The number of hydrogen-bond donors (Lipinski definition) is 2. The summed E-state index contributed by atoms with van der Waals surface area (Å²) in [7, 11) is 0. The van der Waals surface area contributed by atoms with E-state index in [9.17, 15) is 9.18 Å². The fourth-order valence-corrected chi connectivity index (χ4v) is 4.11. The molecule has 1 amide bonds. The second kappa shape index (κ2) is 6.29. The van der Waals surface area contributed by atoms with Crippen LogP contribution in [-0.4, -0.2) is 40.6 Å². The van der Waals surface area contributed by atoms with Gasteiger partial charge in [-0.1, -0.05) is 15.9 Å². The maximum Gasteiger partial charge on any atom is 0.257 e. The van der Waals surface area contributed by atoms with Gasteiger partial charge in [0.2, 0.25) is 0 Å². The molecule has 4 rings (SSSR count). The number of benzene rings is 1. The van der Waals surface area contributed by atoms with Gasteiger partial charge in [0, 0.05) is 30.0 Å². The Hall–Kier alpha value is -1.73. The molecular formula is C17H18BrFN4O. The van der Waals surface area contributed by atoms with Crippen LogP contribution in [0.25, 0.3) is 0 Å². The Morgan fingerprint density at radius 2 is 2.29 bits per heavy atom. The number of aromatic nitrogens is 2. The molecule has 2 aliphatic heterocycles. The predicted molar refractivity (Wildman–Crippen MR) is 91.4 cm³/mol. The average Bonchev–Trinajstić information content (AvgIpc) is 3.24. The highest BCUT2D eigenvalue weighted by Gasteiger charge is 2.29. The lowest BCUT2D eigenvalue weighted by atomic mass is 9.97. The molecule has 24 heavy (non-hydrogen) atoms. The zero-order valence-electron chi connectivity index (χ0n) is 13.1.